The molecule has 0 spiro atoms. The standard InChI is InChI=1S/C22H29N3O3/c1-16-7-6-8-17(2)22(16)23-20(26)14-25(4)21(27)15-24(3)13-18-9-11-19(28-5)12-10-18/h6-12H,13-15H2,1-5H3,(H,23,26)/p+1. The van der Waals surface area contributed by atoms with Crippen LogP contribution in [-0.2, 0) is 16.1 Å². The van der Waals surface area contributed by atoms with Crippen LogP contribution in [0.15, 0.2) is 42.5 Å². The zero-order chi connectivity index (χ0) is 20.7. The Kier molecular flexibility index (Phi) is 7.58. The van der Waals surface area contributed by atoms with Crippen LogP contribution in [0.3, 0.4) is 0 Å². The van der Waals surface area contributed by atoms with Crippen molar-refractivity contribution >= 4 is 17.5 Å². The van der Waals surface area contributed by atoms with E-state index in [1.165, 1.54) is 4.90 Å². The fraction of sp³-hybridized carbons (Fsp3) is 0.364. The van der Waals surface area contributed by atoms with Gasteiger partial charge in [0.2, 0.25) is 5.91 Å². The number of carbonyl (C=O) groups excluding carboxylic acids is 2. The fourth-order valence-electron chi connectivity index (χ4n) is 3.04. The average Bonchev–Trinajstić information content (AvgIpc) is 2.65. The maximum absolute atomic E-state index is 12.5. The van der Waals surface area contributed by atoms with Gasteiger partial charge in [-0.05, 0) is 49.2 Å². The van der Waals surface area contributed by atoms with Crippen molar-refractivity contribution in [2.75, 3.05) is 39.6 Å². The molecule has 0 aliphatic heterocycles. The van der Waals surface area contributed by atoms with Gasteiger partial charge in [-0.1, -0.05) is 18.2 Å². The van der Waals surface area contributed by atoms with Gasteiger partial charge in [-0.3, -0.25) is 9.59 Å². The fourth-order valence-corrected chi connectivity index (χ4v) is 3.04. The molecule has 0 bridgehead atoms. The van der Waals surface area contributed by atoms with Gasteiger partial charge in [-0.15, -0.1) is 0 Å². The number of hydrogen-bond donors (Lipinski definition) is 2. The number of quaternary nitrogens is 1. The Morgan fingerprint density at radius 1 is 1.07 bits per heavy atom. The van der Waals surface area contributed by atoms with E-state index in [1.807, 2.05) is 63.4 Å². The minimum Gasteiger partial charge on any atom is -0.497 e. The highest BCUT2D eigenvalue weighted by Crippen LogP contribution is 2.19. The van der Waals surface area contributed by atoms with Gasteiger partial charge in [0.1, 0.15) is 12.3 Å². The van der Waals surface area contributed by atoms with Crippen LogP contribution in [0.2, 0.25) is 0 Å². The summed E-state index contributed by atoms with van der Waals surface area (Å²) in [7, 11) is 5.26. The Labute approximate surface area is 167 Å². The van der Waals surface area contributed by atoms with E-state index in [0.717, 1.165) is 39.6 Å². The van der Waals surface area contributed by atoms with Gasteiger partial charge in [-0.2, -0.15) is 0 Å². The number of likely N-dealkylation sites (N-methyl/N-ethyl adjacent to an activating group) is 2. The van der Waals surface area contributed by atoms with Crippen molar-refractivity contribution in [1.29, 1.82) is 0 Å². The molecular formula is C22H30N3O3+. The number of carbonyl (C=O) groups is 2. The zero-order valence-electron chi connectivity index (χ0n) is 17.3. The second kappa shape index (κ2) is 9.90. The van der Waals surface area contributed by atoms with Crippen LogP contribution >= 0.6 is 0 Å². The summed E-state index contributed by atoms with van der Waals surface area (Å²) in [6.07, 6.45) is 0. The molecule has 0 aliphatic carbocycles. The number of hydrogen-bond acceptors (Lipinski definition) is 3. The number of para-hydroxylation sites is 1. The molecule has 2 aromatic carbocycles. The first kappa shape index (κ1) is 21.4. The van der Waals surface area contributed by atoms with Crippen molar-refractivity contribution in [3.05, 3.63) is 59.2 Å². The maximum Gasteiger partial charge on any atom is 0.277 e. The molecule has 0 saturated carbocycles. The summed E-state index contributed by atoms with van der Waals surface area (Å²) in [5.74, 6) is 0.552. The molecule has 0 heterocycles. The highest BCUT2D eigenvalue weighted by Gasteiger charge is 2.18. The Balaban J connectivity index is 1.84. The largest absolute Gasteiger partial charge is 0.497 e. The molecule has 0 aliphatic rings. The lowest BCUT2D eigenvalue weighted by Crippen LogP contribution is -3.08. The van der Waals surface area contributed by atoms with E-state index in [-0.39, 0.29) is 18.4 Å². The highest BCUT2D eigenvalue weighted by molar-refractivity contribution is 5.95. The van der Waals surface area contributed by atoms with Crippen molar-refractivity contribution in [2.24, 2.45) is 0 Å². The second-order valence-electron chi connectivity index (χ2n) is 7.22. The first-order valence-corrected chi connectivity index (χ1v) is 9.34. The quantitative estimate of drug-likeness (QED) is 0.724. The SMILES string of the molecule is COc1ccc(C[NH+](C)CC(=O)N(C)CC(=O)Nc2c(C)cccc2C)cc1. The van der Waals surface area contributed by atoms with E-state index in [2.05, 4.69) is 5.32 Å². The van der Waals surface area contributed by atoms with Gasteiger partial charge in [-0.25, -0.2) is 0 Å². The molecule has 150 valence electrons. The van der Waals surface area contributed by atoms with Crippen molar-refractivity contribution in [3.8, 4) is 5.75 Å². The molecule has 0 aromatic heterocycles. The number of nitrogens with one attached hydrogen (secondary N) is 2. The molecule has 6 nitrogen and oxygen atoms in total. The van der Waals surface area contributed by atoms with Crippen molar-refractivity contribution in [3.63, 3.8) is 0 Å². The van der Waals surface area contributed by atoms with Gasteiger partial charge < -0.3 is 19.9 Å². The number of ether oxygens (including phenoxy) is 1. The molecule has 2 aromatic rings. The van der Waals surface area contributed by atoms with Crippen LogP contribution < -0.4 is 15.0 Å². The number of benzene rings is 2. The van der Waals surface area contributed by atoms with Crippen LogP contribution in [0.1, 0.15) is 16.7 Å². The van der Waals surface area contributed by atoms with E-state index in [4.69, 9.17) is 4.74 Å². The average molecular weight is 385 g/mol. The Bertz CT molecular complexity index is 798. The molecule has 0 saturated heterocycles. The maximum atomic E-state index is 12.5. The first-order valence-electron chi connectivity index (χ1n) is 9.34. The number of rotatable bonds is 8. The molecule has 2 amide bonds. The smallest absolute Gasteiger partial charge is 0.277 e. The van der Waals surface area contributed by atoms with Crippen LogP contribution in [-0.4, -0.2) is 51.0 Å². The van der Waals surface area contributed by atoms with Crippen molar-refractivity contribution < 1.29 is 19.2 Å². The summed E-state index contributed by atoms with van der Waals surface area (Å²) in [6, 6.07) is 13.7. The molecule has 1 unspecified atom stereocenters. The zero-order valence-corrected chi connectivity index (χ0v) is 17.3. The van der Waals surface area contributed by atoms with Gasteiger partial charge in [0.15, 0.2) is 6.54 Å². The van der Waals surface area contributed by atoms with Gasteiger partial charge in [0.05, 0.1) is 20.7 Å². The minimum absolute atomic E-state index is 0.0302. The highest BCUT2D eigenvalue weighted by atomic mass is 16.5. The second-order valence-corrected chi connectivity index (χ2v) is 7.22. The molecule has 1 atom stereocenters. The third-order valence-corrected chi connectivity index (χ3v) is 4.67. The van der Waals surface area contributed by atoms with Crippen LogP contribution in [0, 0.1) is 13.8 Å². The summed E-state index contributed by atoms with van der Waals surface area (Å²) < 4.78 is 5.16. The molecule has 6 heteroatoms. The predicted octanol–water partition coefficient (Wildman–Crippen LogP) is 1.42. The van der Waals surface area contributed by atoms with Crippen LogP contribution in [0.25, 0.3) is 0 Å². The third-order valence-electron chi connectivity index (χ3n) is 4.67. The Morgan fingerprint density at radius 3 is 2.25 bits per heavy atom. The molecule has 28 heavy (non-hydrogen) atoms. The summed E-state index contributed by atoms with van der Waals surface area (Å²) >= 11 is 0. The van der Waals surface area contributed by atoms with Gasteiger partial charge >= 0.3 is 0 Å². The third kappa shape index (κ3) is 6.09. The lowest BCUT2D eigenvalue weighted by atomic mass is 10.1. The molecular weight excluding hydrogens is 354 g/mol. The molecule has 2 N–H and O–H groups in total. The summed E-state index contributed by atoms with van der Waals surface area (Å²) in [5, 5.41) is 2.92. The van der Waals surface area contributed by atoms with Gasteiger partial charge in [0, 0.05) is 18.3 Å². The number of aryl methyl sites for hydroxylation is 2. The number of methoxy groups -OCH3 is 1. The summed E-state index contributed by atoms with van der Waals surface area (Å²) in [6.45, 7) is 4.98. The number of nitrogens with zero attached hydrogens (tertiary/aromatic N) is 1. The summed E-state index contributed by atoms with van der Waals surface area (Å²) in [4.78, 5) is 27.3. The van der Waals surface area contributed by atoms with Crippen LogP contribution in [0.4, 0.5) is 5.69 Å². The first-order chi connectivity index (χ1) is 13.3. The monoisotopic (exact) mass is 384 g/mol. The lowest BCUT2D eigenvalue weighted by molar-refractivity contribution is -0.885. The minimum atomic E-state index is -0.193. The topological polar surface area (TPSA) is 63.1 Å². The Morgan fingerprint density at radius 2 is 1.68 bits per heavy atom. The van der Waals surface area contributed by atoms with E-state index in [9.17, 15) is 9.59 Å². The van der Waals surface area contributed by atoms with Crippen molar-refractivity contribution in [2.45, 2.75) is 20.4 Å². The van der Waals surface area contributed by atoms with E-state index in [1.54, 1.807) is 14.2 Å². The normalized spacial score (nSPS) is 11.6. The van der Waals surface area contributed by atoms with E-state index in [0.29, 0.717) is 6.54 Å². The van der Waals surface area contributed by atoms with Crippen molar-refractivity contribution in [1.82, 2.24) is 4.90 Å². The number of amides is 2. The molecule has 0 radical (unpaired) electrons. The lowest BCUT2D eigenvalue weighted by Gasteiger charge is -2.20. The van der Waals surface area contributed by atoms with Crippen LogP contribution in [0.5, 0.6) is 5.75 Å². The predicted molar refractivity (Wildman–Crippen MR) is 111 cm³/mol. The molecule has 2 rings (SSSR count). The summed E-state index contributed by atoms with van der Waals surface area (Å²) in [5.41, 5.74) is 3.95. The molecule has 0 fully saturated rings. The van der Waals surface area contributed by atoms with E-state index < -0.39 is 0 Å². The van der Waals surface area contributed by atoms with Gasteiger partial charge in [0.25, 0.3) is 5.91 Å². The Hall–Kier alpha value is -2.86. The van der Waals surface area contributed by atoms with E-state index >= 15 is 0 Å². The number of anilines is 1.